The molecule has 17 nitrogen and oxygen atoms in total. The average molecular weight is 629 g/mol. The fraction of sp³-hybridized carbons (Fsp3) is 0.269. The number of aliphatic carboxylic acids is 1. The zero-order valence-electron chi connectivity index (χ0n) is 23.1. The number of anilines is 2. The van der Waals surface area contributed by atoms with Crippen molar-refractivity contribution in [2.45, 2.75) is 24.4 Å². The molecule has 0 aliphatic carbocycles. The number of nitrogens with one attached hydrogen (secondary N) is 3. The molecule has 1 aromatic heterocycles. The van der Waals surface area contributed by atoms with Gasteiger partial charge in [0.15, 0.2) is 0 Å². The highest BCUT2D eigenvalue weighted by atomic mass is 32.2. The molecular weight excluding hydrogens is 600 g/mol. The van der Waals surface area contributed by atoms with Crippen LogP contribution in [0.25, 0.3) is 0 Å². The number of fused-ring (bicyclic) bond motifs is 1. The summed E-state index contributed by atoms with van der Waals surface area (Å²) < 4.78 is 4.71. The number of urea groups is 1. The lowest BCUT2D eigenvalue weighted by Crippen LogP contribution is -2.71. The van der Waals surface area contributed by atoms with E-state index in [1.165, 1.54) is 24.3 Å². The Hall–Kier alpha value is -5.52. The van der Waals surface area contributed by atoms with Gasteiger partial charge in [-0.2, -0.15) is 0 Å². The minimum atomic E-state index is -1.62. The summed E-state index contributed by atoms with van der Waals surface area (Å²) in [6.07, 6.45) is 3.48. The number of phenols is 1. The molecule has 0 spiro atoms. The summed E-state index contributed by atoms with van der Waals surface area (Å²) in [7, 11) is 0. The van der Waals surface area contributed by atoms with Gasteiger partial charge in [0.05, 0.1) is 6.20 Å². The lowest BCUT2D eigenvalue weighted by atomic mass is 10.00. The van der Waals surface area contributed by atoms with Crippen molar-refractivity contribution >= 4 is 53.3 Å². The molecule has 1 fully saturated rings. The molecule has 3 heterocycles. The number of carboxylic acid groups (broad SMARTS) is 1. The number of carbonyl (C=O) groups excluding carboxylic acids is 4. The quantitative estimate of drug-likeness (QED) is 0.127. The molecule has 4 rings (SSSR count). The van der Waals surface area contributed by atoms with E-state index in [1.54, 1.807) is 12.2 Å². The third-order valence-corrected chi connectivity index (χ3v) is 7.89. The second-order valence-electron chi connectivity index (χ2n) is 9.36. The first-order valence-corrected chi connectivity index (χ1v) is 13.9. The van der Waals surface area contributed by atoms with Gasteiger partial charge in [-0.1, -0.05) is 24.3 Å². The van der Waals surface area contributed by atoms with Crippen LogP contribution >= 0.6 is 11.8 Å². The molecule has 2 aliphatic rings. The number of β-lactam (4-membered cyclic amide) rings is 1. The van der Waals surface area contributed by atoms with Gasteiger partial charge in [-0.25, -0.2) is 19.4 Å². The number of aromatic amines is 1. The fourth-order valence-electron chi connectivity index (χ4n) is 4.57. The largest absolute Gasteiger partial charge is 0.508 e. The number of H-pyrrole nitrogens is 1. The Morgan fingerprint density at radius 3 is 2.55 bits per heavy atom. The highest BCUT2D eigenvalue weighted by Gasteiger charge is 2.55. The van der Waals surface area contributed by atoms with Gasteiger partial charge in [-0.15, -0.1) is 11.8 Å². The van der Waals surface area contributed by atoms with Crippen molar-refractivity contribution in [2.24, 2.45) is 11.5 Å². The van der Waals surface area contributed by atoms with E-state index in [0.717, 1.165) is 22.9 Å². The van der Waals surface area contributed by atoms with Gasteiger partial charge in [0.2, 0.25) is 11.9 Å². The van der Waals surface area contributed by atoms with Gasteiger partial charge in [0.1, 0.15) is 41.2 Å². The van der Waals surface area contributed by atoms with Gasteiger partial charge in [-0.05, 0) is 24.6 Å². The van der Waals surface area contributed by atoms with E-state index >= 15 is 0 Å². The molecule has 1 saturated heterocycles. The number of nitrogens with zero attached hydrogens (tertiary/aromatic N) is 3. The van der Waals surface area contributed by atoms with Crippen molar-refractivity contribution in [1.29, 1.82) is 0 Å². The highest BCUT2D eigenvalue weighted by molar-refractivity contribution is 8.00. The molecule has 18 heteroatoms. The predicted molar refractivity (Wildman–Crippen MR) is 156 cm³/mol. The Balaban J connectivity index is 1.65. The van der Waals surface area contributed by atoms with E-state index in [4.69, 9.17) is 16.2 Å². The third-order valence-electron chi connectivity index (χ3n) is 6.55. The number of carbonyl (C=O) groups is 5. The van der Waals surface area contributed by atoms with Crippen molar-refractivity contribution in [3.63, 3.8) is 0 Å². The van der Waals surface area contributed by atoms with Crippen LogP contribution in [0.2, 0.25) is 0 Å². The number of hydrogen-bond donors (Lipinski definition) is 7. The first kappa shape index (κ1) is 31.4. The Morgan fingerprint density at radius 2 is 1.95 bits per heavy atom. The minimum absolute atomic E-state index is 0.0417. The van der Waals surface area contributed by atoms with Crippen LogP contribution in [0.5, 0.6) is 5.75 Å². The van der Waals surface area contributed by atoms with Crippen molar-refractivity contribution < 1.29 is 38.9 Å². The number of benzene rings is 1. The highest BCUT2D eigenvalue weighted by Crippen LogP contribution is 2.41. The van der Waals surface area contributed by atoms with E-state index in [-0.39, 0.29) is 34.3 Å². The lowest BCUT2D eigenvalue weighted by molar-refractivity contribution is -0.151. The SMILES string of the molecule is CC=CCNc1ncc(N(C(N)=O)C(C(=O)NC2C(=O)N3C(C(=O)O)=C(COC(N)=O)CS[C@@H]23)c2ccc(O)cc2)c(=O)[nH]1. The molecule has 44 heavy (non-hydrogen) atoms. The Morgan fingerprint density at radius 1 is 1.25 bits per heavy atom. The molecule has 2 aliphatic heterocycles. The number of aromatic hydroxyl groups is 1. The molecule has 0 bridgehead atoms. The van der Waals surface area contributed by atoms with Crippen LogP contribution in [0.1, 0.15) is 18.5 Å². The molecule has 3 atom stereocenters. The van der Waals surface area contributed by atoms with Crippen LogP contribution < -0.4 is 32.6 Å². The smallest absolute Gasteiger partial charge is 0.404 e. The van der Waals surface area contributed by atoms with Gasteiger partial charge in [0, 0.05) is 17.9 Å². The summed E-state index contributed by atoms with van der Waals surface area (Å²) in [4.78, 5) is 84.0. The standard InChI is InChI=1S/C26H28N8O9S/c1-2-3-8-29-26-30-9-15(19(36)32-26)33(24(27)41)17(12-4-6-14(35)7-5-12)20(37)31-16-21(38)34-18(23(39)40)13(10-43-25(28)42)11-44-22(16)34/h2-7,9,16-17,22,35H,8,10-11H2,1H3,(H2,27,41)(H2,28,42)(H,31,37)(H,39,40)(H2,29,30,32,36)/t16?,17?,22-/m0/s1. The molecule has 0 saturated carbocycles. The number of aromatic nitrogens is 2. The molecule has 1 aromatic carbocycles. The van der Waals surface area contributed by atoms with E-state index in [2.05, 4.69) is 20.6 Å². The second kappa shape index (κ2) is 13.2. The van der Waals surface area contributed by atoms with Crippen LogP contribution in [-0.4, -0.2) is 85.3 Å². The van der Waals surface area contributed by atoms with Gasteiger partial charge in [0.25, 0.3) is 11.5 Å². The van der Waals surface area contributed by atoms with E-state index in [0.29, 0.717) is 11.4 Å². The molecule has 2 aromatic rings. The number of primary amides is 2. The number of nitrogens with two attached hydrogens (primary N) is 2. The number of rotatable bonds is 11. The number of amides is 5. The van der Waals surface area contributed by atoms with Crippen LogP contribution in [0, 0.1) is 0 Å². The number of ether oxygens (including phenoxy) is 1. The van der Waals surface area contributed by atoms with Crippen molar-refractivity contribution in [1.82, 2.24) is 20.2 Å². The number of thioether (sulfide) groups is 1. The summed E-state index contributed by atoms with van der Waals surface area (Å²) in [6.45, 7) is 1.71. The van der Waals surface area contributed by atoms with E-state index in [9.17, 15) is 39.0 Å². The topological polar surface area (TPSA) is 263 Å². The second-order valence-corrected chi connectivity index (χ2v) is 10.5. The molecular formula is C26H28N8O9S. The molecule has 0 radical (unpaired) electrons. The zero-order chi connectivity index (χ0) is 32.1. The first-order valence-electron chi connectivity index (χ1n) is 12.9. The number of phenolic OH excluding ortho intramolecular Hbond substituents is 1. The van der Waals surface area contributed by atoms with Crippen LogP contribution in [0.3, 0.4) is 0 Å². The van der Waals surface area contributed by atoms with Gasteiger partial charge in [-0.3, -0.25) is 29.2 Å². The zero-order valence-corrected chi connectivity index (χ0v) is 23.9. The molecule has 5 amide bonds. The summed E-state index contributed by atoms with van der Waals surface area (Å²) >= 11 is 1.10. The number of hydrogen-bond acceptors (Lipinski definition) is 11. The molecule has 9 N–H and O–H groups in total. The minimum Gasteiger partial charge on any atom is -0.508 e. The Labute approximate surface area is 252 Å². The van der Waals surface area contributed by atoms with Crippen LogP contribution in [0.4, 0.5) is 21.2 Å². The van der Waals surface area contributed by atoms with Gasteiger partial charge < -0.3 is 37.1 Å². The van der Waals surface area contributed by atoms with E-state index < -0.39 is 65.2 Å². The van der Waals surface area contributed by atoms with Crippen molar-refractivity contribution in [3.8, 4) is 5.75 Å². The van der Waals surface area contributed by atoms with Crippen molar-refractivity contribution in [2.75, 3.05) is 29.1 Å². The number of carboxylic acids is 1. The maximum Gasteiger partial charge on any atom is 0.404 e. The third kappa shape index (κ3) is 6.43. The summed E-state index contributed by atoms with van der Waals surface area (Å²) in [5.41, 5.74) is 9.29. The monoisotopic (exact) mass is 628 g/mol. The normalized spacial score (nSPS) is 18.2. The Kier molecular flexibility index (Phi) is 9.42. The lowest BCUT2D eigenvalue weighted by Gasteiger charge is -2.49. The average Bonchev–Trinajstić information content (AvgIpc) is 2.97. The van der Waals surface area contributed by atoms with Crippen LogP contribution in [0.15, 0.2) is 58.7 Å². The fourth-order valence-corrected chi connectivity index (χ4v) is 5.89. The summed E-state index contributed by atoms with van der Waals surface area (Å²) in [5, 5.41) is 24.1. The molecule has 2 unspecified atom stereocenters. The number of allylic oxidation sites excluding steroid dienone is 1. The maximum absolute atomic E-state index is 13.8. The predicted octanol–water partition coefficient (Wildman–Crippen LogP) is -0.0762. The van der Waals surface area contributed by atoms with Crippen molar-refractivity contribution in [3.05, 3.63) is 69.8 Å². The first-order chi connectivity index (χ1) is 20.9. The molecule has 232 valence electrons. The van der Waals surface area contributed by atoms with Gasteiger partial charge >= 0.3 is 18.1 Å². The van der Waals surface area contributed by atoms with E-state index in [1.807, 2.05) is 6.92 Å². The maximum atomic E-state index is 13.8. The van der Waals surface area contributed by atoms with Crippen LogP contribution in [-0.2, 0) is 19.1 Å². The Bertz CT molecular complexity index is 1610. The summed E-state index contributed by atoms with van der Waals surface area (Å²) in [6, 6.07) is 1.09. The summed E-state index contributed by atoms with van der Waals surface area (Å²) in [5.74, 6) is -3.19.